The molecule has 2 aliphatic carbocycles. The molecule has 4 aliphatic rings. The van der Waals surface area contributed by atoms with Crippen LogP contribution in [0, 0.1) is 35.0 Å². The van der Waals surface area contributed by atoms with Gasteiger partial charge in [-0.3, -0.25) is 0 Å². The van der Waals surface area contributed by atoms with Gasteiger partial charge in [0.2, 0.25) is 0 Å². The molecule has 1 N–H and O–H groups in total. The van der Waals surface area contributed by atoms with Crippen LogP contribution in [0.25, 0.3) is 0 Å². The van der Waals surface area contributed by atoms with E-state index in [0.717, 1.165) is 59.8 Å². The number of halogens is 1. The quantitative estimate of drug-likeness (QED) is 0.399. The first-order chi connectivity index (χ1) is 17.5. The Kier molecular flexibility index (Phi) is 6.97. The highest BCUT2D eigenvalue weighted by molar-refractivity contribution is 6.34. The lowest BCUT2D eigenvalue weighted by Gasteiger charge is -2.38. The molecule has 1 spiro atoms. The maximum atomic E-state index is 6.93. The fourth-order valence-corrected chi connectivity index (χ4v) is 8.22. The Morgan fingerprint density at radius 1 is 1.19 bits per heavy atom. The van der Waals surface area contributed by atoms with E-state index in [1.165, 1.54) is 41.7 Å². The summed E-state index contributed by atoms with van der Waals surface area (Å²) in [5.74, 6) is 3.49. The maximum absolute atomic E-state index is 6.93. The zero-order valence-electron chi connectivity index (χ0n) is 24.0. The van der Waals surface area contributed by atoms with Gasteiger partial charge in [0.05, 0.1) is 10.7 Å². The molecule has 7 atom stereocenters. The number of nitrogens with zero attached hydrogens (tertiary/aromatic N) is 1. The number of benzene rings is 1. The van der Waals surface area contributed by atoms with Crippen molar-refractivity contribution in [3.63, 3.8) is 0 Å². The lowest BCUT2D eigenvalue weighted by Crippen LogP contribution is -2.43. The Hall–Kier alpha value is -1.93. The molecule has 5 rings (SSSR count). The number of nitrogens with one attached hydrogen (secondary N) is 1. The molecule has 2 saturated carbocycles. The third-order valence-corrected chi connectivity index (χ3v) is 11.2. The van der Waals surface area contributed by atoms with Gasteiger partial charge in [0.1, 0.15) is 0 Å². The van der Waals surface area contributed by atoms with Gasteiger partial charge in [0.25, 0.3) is 0 Å². The van der Waals surface area contributed by atoms with Crippen molar-refractivity contribution in [1.29, 1.82) is 0 Å². The maximum Gasteiger partial charge on any atom is 0.0674 e. The summed E-state index contributed by atoms with van der Waals surface area (Å²) in [6, 6.07) is 4.57. The van der Waals surface area contributed by atoms with Crippen molar-refractivity contribution in [3.05, 3.63) is 76.6 Å². The predicted molar refractivity (Wildman–Crippen MR) is 160 cm³/mol. The first-order valence-corrected chi connectivity index (χ1v) is 14.9. The highest BCUT2D eigenvalue weighted by Crippen LogP contribution is 2.64. The number of allylic oxidation sites excluding steroid dienone is 5. The average Bonchev–Trinajstić information content (AvgIpc) is 3.69. The van der Waals surface area contributed by atoms with Gasteiger partial charge in [0.15, 0.2) is 0 Å². The number of anilines is 1. The number of rotatable bonds is 1. The fraction of sp³-hybridized carbons (Fsp3) is 0.588. The zero-order valence-corrected chi connectivity index (χ0v) is 24.7. The summed E-state index contributed by atoms with van der Waals surface area (Å²) < 4.78 is 0. The second-order valence-electron chi connectivity index (χ2n) is 13.2. The van der Waals surface area contributed by atoms with Crippen LogP contribution in [-0.4, -0.2) is 12.6 Å². The summed E-state index contributed by atoms with van der Waals surface area (Å²) in [7, 11) is 2.14. The molecule has 2 nitrogen and oxygen atoms in total. The van der Waals surface area contributed by atoms with Crippen LogP contribution in [0.4, 0.5) is 5.69 Å². The third-order valence-electron chi connectivity index (χ3n) is 10.7. The van der Waals surface area contributed by atoms with E-state index in [-0.39, 0.29) is 5.54 Å². The van der Waals surface area contributed by atoms with E-state index in [4.69, 9.17) is 11.6 Å². The normalized spacial score (nSPS) is 40.1. The van der Waals surface area contributed by atoms with Crippen molar-refractivity contribution < 1.29 is 0 Å². The van der Waals surface area contributed by atoms with Crippen molar-refractivity contribution in [2.24, 2.45) is 35.0 Å². The van der Waals surface area contributed by atoms with E-state index >= 15 is 0 Å². The molecule has 0 amide bonds. The van der Waals surface area contributed by atoms with Crippen LogP contribution in [0.3, 0.4) is 0 Å². The summed E-state index contributed by atoms with van der Waals surface area (Å²) in [5, 5.41) is 4.76. The molecule has 3 unspecified atom stereocenters. The standard InChI is InChI=1S/C34H47ClN2/c1-9-27-17-26-15-21(2)11-10-12-29-25(6)34(29)19-28(16-22(3)36-34)24(5)30-20-33(30,7)14-13-23(4)37(8)31(18-26)32(27)35/h10-12,17-18,24-25,28-30,36H,3-4,9,13-16,19-20H2,1-2,5-8H3/b12-10+,21-11+/t24-,25?,28?,29+,30?,33-,34+/m1/s1. The highest BCUT2D eigenvalue weighted by atomic mass is 35.5. The first kappa shape index (κ1) is 26.7. The number of aryl methyl sites for hydroxylation is 1. The first-order valence-electron chi connectivity index (χ1n) is 14.5. The van der Waals surface area contributed by atoms with Gasteiger partial charge >= 0.3 is 0 Å². The van der Waals surface area contributed by atoms with E-state index in [1.807, 2.05) is 0 Å². The van der Waals surface area contributed by atoms with Gasteiger partial charge in [-0.2, -0.15) is 0 Å². The second-order valence-corrected chi connectivity index (χ2v) is 13.6. The van der Waals surface area contributed by atoms with E-state index < -0.39 is 0 Å². The molecule has 1 aromatic carbocycles. The summed E-state index contributed by atoms with van der Waals surface area (Å²) in [4.78, 5) is 2.25. The number of hydrogen-bond acceptors (Lipinski definition) is 2. The van der Waals surface area contributed by atoms with Crippen LogP contribution >= 0.6 is 11.6 Å². The van der Waals surface area contributed by atoms with Gasteiger partial charge in [-0.05, 0) is 98.1 Å². The molecule has 0 radical (unpaired) electrons. The van der Waals surface area contributed by atoms with E-state index in [2.05, 4.69) is 95.4 Å². The van der Waals surface area contributed by atoms with Gasteiger partial charge in [0, 0.05) is 29.9 Å². The Labute approximate surface area is 230 Å². The molecule has 1 aromatic rings. The summed E-state index contributed by atoms with van der Waals surface area (Å²) >= 11 is 6.93. The minimum absolute atomic E-state index is 0.207. The monoisotopic (exact) mass is 518 g/mol. The topological polar surface area (TPSA) is 15.3 Å². The van der Waals surface area contributed by atoms with Crippen molar-refractivity contribution in [3.8, 4) is 0 Å². The highest BCUT2D eigenvalue weighted by Gasteiger charge is 2.64. The lowest BCUT2D eigenvalue weighted by molar-refractivity contribution is 0.199. The minimum Gasteiger partial charge on any atom is -0.382 e. The smallest absolute Gasteiger partial charge is 0.0674 e. The lowest BCUT2D eigenvalue weighted by atomic mass is 9.75. The van der Waals surface area contributed by atoms with Crippen molar-refractivity contribution >= 4 is 17.3 Å². The molecule has 200 valence electrons. The molecular formula is C34H47ClN2. The largest absolute Gasteiger partial charge is 0.382 e. The van der Waals surface area contributed by atoms with Crippen LogP contribution in [0.2, 0.25) is 5.02 Å². The van der Waals surface area contributed by atoms with Crippen molar-refractivity contribution in [2.45, 2.75) is 85.1 Å². The molecular weight excluding hydrogens is 472 g/mol. The van der Waals surface area contributed by atoms with Gasteiger partial charge < -0.3 is 10.2 Å². The Bertz CT molecular complexity index is 1160. The molecule has 1 saturated heterocycles. The third kappa shape index (κ3) is 4.84. The Balaban J connectivity index is 1.48. The van der Waals surface area contributed by atoms with Crippen LogP contribution < -0.4 is 10.2 Å². The van der Waals surface area contributed by atoms with Crippen molar-refractivity contribution in [2.75, 3.05) is 11.9 Å². The molecule has 37 heavy (non-hydrogen) atoms. The summed E-state index contributed by atoms with van der Waals surface area (Å²) in [5.41, 5.74) is 8.05. The SMILES string of the molecule is C=C1CC2C[C@]3(N1)C(C)[C@@H]3/C=C/C=C(\C)Cc1cc(CC)c(Cl)c(c1)N(C)C(=C)CC[C@]1(C)CC1[C@@H]2C. The Morgan fingerprint density at radius 2 is 1.95 bits per heavy atom. The molecule has 4 bridgehead atoms. The van der Waals surface area contributed by atoms with E-state index in [1.54, 1.807) is 0 Å². The summed E-state index contributed by atoms with van der Waals surface area (Å²) in [6.07, 6.45) is 14.9. The van der Waals surface area contributed by atoms with Crippen molar-refractivity contribution in [1.82, 2.24) is 5.32 Å². The number of fused-ring (bicyclic) bond motifs is 4. The zero-order chi connectivity index (χ0) is 26.7. The number of piperidine rings is 1. The second kappa shape index (κ2) is 9.67. The van der Waals surface area contributed by atoms with Crippen LogP contribution in [0.1, 0.15) is 77.8 Å². The molecule has 2 aliphatic heterocycles. The van der Waals surface area contributed by atoms with Gasteiger partial charge in [-0.15, -0.1) is 0 Å². The average molecular weight is 519 g/mol. The predicted octanol–water partition coefficient (Wildman–Crippen LogP) is 8.87. The van der Waals surface area contributed by atoms with E-state index in [9.17, 15) is 0 Å². The van der Waals surface area contributed by atoms with Gasteiger partial charge in [-0.25, -0.2) is 0 Å². The van der Waals surface area contributed by atoms with Crippen LogP contribution in [-0.2, 0) is 12.8 Å². The van der Waals surface area contributed by atoms with Crippen LogP contribution in [0.5, 0.6) is 0 Å². The molecule has 0 aromatic heterocycles. The number of hydrogen-bond donors (Lipinski definition) is 1. The Morgan fingerprint density at radius 3 is 2.68 bits per heavy atom. The van der Waals surface area contributed by atoms with Gasteiger partial charge in [-0.1, -0.05) is 82.3 Å². The fourth-order valence-electron chi connectivity index (χ4n) is 7.85. The minimum atomic E-state index is 0.207. The molecule has 3 heteroatoms. The molecule has 2 heterocycles. The van der Waals surface area contributed by atoms with Crippen LogP contribution in [0.15, 0.2) is 60.5 Å². The molecule has 3 fully saturated rings. The summed E-state index contributed by atoms with van der Waals surface area (Å²) in [6.45, 7) is 20.9. The van der Waals surface area contributed by atoms with E-state index in [0.29, 0.717) is 17.3 Å².